The first-order chi connectivity index (χ1) is 19.8. The van der Waals surface area contributed by atoms with Crippen LogP contribution in [-0.4, -0.2) is 34.8 Å². The van der Waals surface area contributed by atoms with Gasteiger partial charge in [-0.3, -0.25) is 4.90 Å². The molecule has 4 nitrogen and oxygen atoms in total. The molecular formula is C36H39NO3S. The molecule has 0 saturated carbocycles. The SMILES string of the molecule is CC(C)(C)OC(=O)N1C2CCC1C(OCc1ccc3ccccc3c1)C(c1ccc(CSc3ccccc3)cc1)C2. The molecule has 0 spiro atoms. The van der Waals surface area contributed by atoms with Gasteiger partial charge in [-0.2, -0.15) is 0 Å². The Morgan fingerprint density at radius 1 is 0.854 bits per heavy atom. The van der Waals surface area contributed by atoms with Crippen molar-refractivity contribution in [2.75, 3.05) is 0 Å². The molecule has 4 unspecified atom stereocenters. The molecule has 2 fully saturated rings. The Kier molecular flexibility index (Phi) is 8.10. The molecule has 212 valence electrons. The fourth-order valence-corrected chi connectivity index (χ4v) is 7.25. The fourth-order valence-electron chi connectivity index (χ4n) is 6.38. The second-order valence-electron chi connectivity index (χ2n) is 12.3. The third kappa shape index (κ3) is 6.47. The number of rotatable bonds is 7. The van der Waals surface area contributed by atoms with Gasteiger partial charge in [-0.05, 0) is 85.7 Å². The van der Waals surface area contributed by atoms with Gasteiger partial charge in [0.2, 0.25) is 0 Å². The first kappa shape index (κ1) is 27.9. The number of nitrogens with zero attached hydrogens (tertiary/aromatic N) is 1. The molecule has 4 aromatic rings. The van der Waals surface area contributed by atoms with Crippen LogP contribution in [0.1, 0.15) is 62.6 Å². The quantitative estimate of drug-likeness (QED) is 0.210. The van der Waals surface area contributed by atoms with Gasteiger partial charge in [0.15, 0.2) is 0 Å². The van der Waals surface area contributed by atoms with Crippen molar-refractivity contribution in [3.63, 3.8) is 0 Å². The number of thioether (sulfide) groups is 1. The molecule has 5 heteroatoms. The smallest absolute Gasteiger partial charge is 0.410 e. The van der Waals surface area contributed by atoms with Crippen molar-refractivity contribution >= 4 is 28.6 Å². The lowest BCUT2D eigenvalue weighted by atomic mass is 9.82. The summed E-state index contributed by atoms with van der Waals surface area (Å²) in [7, 11) is 0. The molecule has 2 heterocycles. The molecule has 0 N–H and O–H groups in total. The highest BCUT2D eigenvalue weighted by atomic mass is 32.2. The number of piperidine rings is 1. The lowest BCUT2D eigenvalue weighted by Crippen LogP contribution is -2.55. The van der Waals surface area contributed by atoms with Crippen LogP contribution in [0.15, 0.2) is 102 Å². The zero-order chi connectivity index (χ0) is 28.4. The van der Waals surface area contributed by atoms with Crippen LogP contribution in [0, 0.1) is 0 Å². The Labute approximate surface area is 248 Å². The normalized spacial score (nSPS) is 22.2. The molecule has 4 aromatic carbocycles. The highest BCUT2D eigenvalue weighted by molar-refractivity contribution is 7.98. The van der Waals surface area contributed by atoms with Gasteiger partial charge in [0.1, 0.15) is 5.60 Å². The Bertz CT molecular complexity index is 1480. The maximum atomic E-state index is 13.4. The van der Waals surface area contributed by atoms with Crippen molar-refractivity contribution in [2.45, 2.75) is 87.0 Å². The number of carbonyl (C=O) groups excluding carboxylic acids is 1. The summed E-state index contributed by atoms with van der Waals surface area (Å²) in [6, 6.07) is 34.7. The van der Waals surface area contributed by atoms with Crippen molar-refractivity contribution in [3.8, 4) is 0 Å². The van der Waals surface area contributed by atoms with Crippen molar-refractivity contribution in [1.29, 1.82) is 0 Å². The van der Waals surface area contributed by atoms with E-state index in [1.807, 2.05) is 37.4 Å². The molecule has 0 aromatic heterocycles. The summed E-state index contributed by atoms with van der Waals surface area (Å²) in [5.74, 6) is 1.16. The van der Waals surface area contributed by atoms with E-state index in [0.29, 0.717) is 6.61 Å². The Balaban J connectivity index is 1.23. The summed E-state index contributed by atoms with van der Waals surface area (Å²) in [6.45, 7) is 6.32. The van der Waals surface area contributed by atoms with Gasteiger partial charge in [0.05, 0.1) is 18.8 Å². The summed E-state index contributed by atoms with van der Waals surface area (Å²) >= 11 is 1.86. The van der Waals surface area contributed by atoms with Crippen LogP contribution >= 0.6 is 11.8 Å². The van der Waals surface area contributed by atoms with Gasteiger partial charge < -0.3 is 9.47 Å². The summed E-state index contributed by atoms with van der Waals surface area (Å²) in [5.41, 5.74) is 3.23. The Morgan fingerprint density at radius 3 is 2.32 bits per heavy atom. The summed E-state index contributed by atoms with van der Waals surface area (Å²) in [6.07, 6.45) is 2.50. The maximum Gasteiger partial charge on any atom is 0.410 e. The number of hydrogen-bond donors (Lipinski definition) is 0. The lowest BCUT2D eigenvalue weighted by Gasteiger charge is -2.44. The topological polar surface area (TPSA) is 38.8 Å². The van der Waals surface area contributed by atoms with E-state index < -0.39 is 5.60 Å². The summed E-state index contributed by atoms with van der Waals surface area (Å²) in [4.78, 5) is 16.6. The third-order valence-corrected chi connectivity index (χ3v) is 9.35. The van der Waals surface area contributed by atoms with Crippen LogP contribution in [-0.2, 0) is 21.8 Å². The minimum absolute atomic E-state index is 0.00219. The van der Waals surface area contributed by atoms with E-state index in [9.17, 15) is 4.79 Å². The van der Waals surface area contributed by atoms with E-state index in [4.69, 9.17) is 9.47 Å². The molecule has 2 aliphatic heterocycles. The van der Waals surface area contributed by atoms with Crippen LogP contribution in [0.5, 0.6) is 0 Å². The molecule has 2 bridgehead atoms. The van der Waals surface area contributed by atoms with Gasteiger partial charge in [-0.15, -0.1) is 11.8 Å². The van der Waals surface area contributed by atoms with Crippen molar-refractivity contribution in [3.05, 3.63) is 114 Å². The number of amides is 1. The minimum Gasteiger partial charge on any atom is -0.444 e. The monoisotopic (exact) mass is 565 g/mol. The average molecular weight is 566 g/mol. The maximum absolute atomic E-state index is 13.4. The Hall–Kier alpha value is -3.28. The van der Waals surface area contributed by atoms with Gasteiger partial charge >= 0.3 is 6.09 Å². The number of fused-ring (bicyclic) bond motifs is 3. The predicted molar refractivity (Wildman–Crippen MR) is 167 cm³/mol. The second kappa shape index (κ2) is 11.9. The molecule has 2 aliphatic rings. The van der Waals surface area contributed by atoms with Crippen LogP contribution in [0.3, 0.4) is 0 Å². The molecule has 6 rings (SSSR count). The van der Waals surface area contributed by atoms with Crippen molar-refractivity contribution in [2.24, 2.45) is 0 Å². The molecule has 0 radical (unpaired) electrons. The Morgan fingerprint density at radius 2 is 1.56 bits per heavy atom. The fraction of sp³-hybridized carbons (Fsp3) is 0.361. The number of hydrogen-bond acceptors (Lipinski definition) is 4. The third-order valence-electron chi connectivity index (χ3n) is 8.27. The highest BCUT2D eigenvalue weighted by Crippen LogP contribution is 2.45. The second-order valence-corrected chi connectivity index (χ2v) is 13.4. The van der Waals surface area contributed by atoms with Crippen molar-refractivity contribution < 1.29 is 14.3 Å². The standard InChI is InChI=1S/C36H39NO3S/c1-36(2,3)40-35(38)37-30-19-20-33(37)34(39-23-26-15-16-27-9-7-8-10-29(27)21-26)32(22-30)28-17-13-25(14-18-28)24-41-31-11-5-4-6-12-31/h4-18,21,30,32-34H,19-20,22-24H2,1-3H3. The van der Waals surface area contributed by atoms with E-state index >= 15 is 0 Å². The van der Waals surface area contributed by atoms with E-state index in [0.717, 1.165) is 30.6 Å². The van der Waals surface area contributed by atoms with Gasteiger partial charge in [0.25, 0.3) is 0 Å². The molecule has 0 aliphatic carbocycles. The molecule has 41 heavy (non-hydrogen) atoms. The van der Waals surface area contributed by atoms with E-state index in [1.54, 1.807) is 0 Å². The van der Waals surface area contributed by atoms with Crippen LogP contribution in [0.25, 0.3) is 10.8 Å². The predicted octanol–water partition coefficient (Wildman–Crippen LogP) is 8.97. The van der Waals surface area contributed by atoms with Crippen LogP contribution < -0.4 is 0 Å². The molecule has 4 atom stereocenters. The van der Waals surface area contributed by atoms with Crippen molar-refractivity contribution in [1.82, 2.24) is 4.90 Å². The number of ether oxygens (including phenoxy) is 2. The average Bonchev–Trinajstić information content (AvgIpc) is 3.30. The van der Waals surface area contributed by atoms with Gasteiger partial charge in [-0.25, -0.2) is 4.79 Å². The summed E-state index contributed by atoms with van der Waals surface area (Å²) < 4.78 is 12.7. The zero-order valence-electron chi connectivity index (χ0n) is 24.2. The highest BCUT2D eigenvalue weighted by Gasteiger charge is 2.51. The molecular weight excluding hydrogens is 526 g/mol. The molecule has 1 amide bonds. The minimum atomic E-state index is -0.525. The lowest BCUT2D eigenvalue weighted by molar-refractivity contribution is -0.0667. The van der Waals surface area contributed by atoms with Crippen LogP contribution in [0.4, 0.5) is 4.79 Å². The first-order valence-electron chi connectivity index (χ1n) is 14.7. The molecule has 2 saturated heterocycles. The zero-order valence-corrected chi connectivity index (χ0v) is 25.0. The first-order valence-corrected chi connectivity index (χ1v) is 15.7. The van der Waals surface area contributed by atoms with E-state index in [-0.39, 0.29) is 30.2 Å². The number of benzene rings is 4. The number of carbonyl (C=O) groups is 1. The van der Waals surface area contributed by atoms with E-state index in [1.165, 1.54) is 26.8 Å². The summed E-state index contributed by atoms with van der Waals surface area (Å²) in [5, 5.41) is 2.45. The van der Waals surface area contributed by atoms with E-state index in [2.05, 4.69) is 97.1 Å². The largest absolute Gasteiger partial charge is 0.444 e. The van der Waals surface area contributed by atoms with Gasteiger partial charge in [0, 0.05) is 22.6 Å². The van der Waals surface area contributed by atoms with Gasteiger partial charge in [-0.1, -0.05) is 78.9 Å². The van der Waals surface area contributed by atoms with Crippen LogP contribution in [0.2, 0.25) is 0 Å².